The molecule has 1 amide bonds. The second-order valence-corrected chi connectivity index (χ2v) is 8.83. The van der Waals surface area contributed by atoms with Gasteiger partial charge >= 0.3 is 5.97 Å². The maximum Gasteiger partial charge on any atom is 0.320 e. The van der Waals surface area contributed by atoms with Crippen LogP contribution in [0.25, 0.3) is 11.1 Å². The number of carboxylic acids is 1. The Hall–Kier alpha value is -3.53. The molecule has 182 valence electrons. The number of aliphatic hydroxyl groups excluding tert-OH is 1. The third-order valence-electron chi connectivity index (χ3n) is 6.10. The number of hydrogen-bond acceptors (Lipinski definition) is 6. The van der Waals surface area contributed by atoms with Gasteiger partial charge in [0.15, 0.2) is 0 Å². The highest BCUT2D eigenvalue weighted by Gasteiger charge is 2.30. The molecule has 3 atom stereocenters. The Morgan fingerprint density at radius 2 is 2.06 bits per heavy atom. The average Bonchev–Trinajstić information content (AvgIpc) is 3.33. The fourth-order valence-electron chi connectivity index (χ4n) is 4.18. The van der Waals surface area contributed by atoms with Crippen molar-refractivity contribution < 1.29 is 24.2 Å². The molecule has 3 aromatic rings. The van der Waals surface area contributed by atoms with E-state index in [2.05, 4.69) is 15.6 Å². The third-order valence-corrected chi connectivity index (χ3v) is 6.34. The monoisotopic (exact) mass is 498 g/mol. The van der Waals surface area contributed by atoms with E-state index in [0.29, 0.717) is 34.7 Å². The van der Waals surface area contributed by atoms with E-state index in [1.807, 2.05) is 0 Å². The highest BCUT2D eigenvalue weighted by Crippen LogP contribution is 2.32. The van der Waals surface area contributed by atoms with E-state index < -0.39 is 29.8 Å². The van der Waals surface area contributed by atoms with Crippen LogP contribution in [0.3, 0.4) is 0 Å². The maximum atomic E-state index is 15.0. The molecule has 6 N–H and O–H groups in total. The number of aliphatic hydroxyl groups is 1. The number of amides is 1. The van der Waals surface area contributed by atoms with Gasteiger partial charge in [-0.3, -0.25) is 9.59 Å². The molecular formula is C25H24ClFN4O4. The van der Waals surface area contributed by atoms with Crippen molar-refractivity contribution in [1.29, 1.82) is 0 Å². The summed E-state index contributed by atoms with van der Waals surface area (Å²) in [5, 5.41) is 24.9. The predicted octanol–water partition coefficient (Wildman–Crippen LogP) is 3.12. The molecule has 1 saturated heterocycles. The number of hydrogen-bond donors (Lipinski definition) is 5. The zero-order valence-corrected chi connectivity index (χ0v) is 19.3. The molecule has 10 heteroatoms. The highest BCUT2D eigenvalue weighted by atomic mass is 35.5. The number of pyridine rings is 1. The van der Waals surface area contributed by atoms with Gasteiger partial charge in [-0.15, -0.1) is 0 Å². The molecule has 1 aliphatic rings. The number of halogens is 2. The molecule has 0 bridgehead atoms. The van der Waals surface area contributed by atoms with Gasteiger partial charge in [0.25, 0.3) is 5.91 Å². The first-order chi connectivity index (χ1) is 16.8. The topological polar surface area (TPSA) is 138 Å². The molecule has 0 saturated carbocycles. The number of benzene rings is 2. The number of carboxylic acid groups (broad SMARTS) is 1. The molecule has 4 rings (SSSR count). The summed E-state index contributed by atoms with van der Waals surface area (Å²) in [6.45, 7) is 0.0909. The molecule has 0 aliphatic carbocycles. The summed E-state index contributed by atoms with van der Waals surface area (Å²) in [5.74, 6) is -2.25. The highest BCUT2D eigenvalue weighted by molar-refractivity contribution is 6.30. The number of carbonyl (C=O) groups is 2. The number of anilines is 1. The summed E-state index contributed by atoms with van der Waals surface area (Å²) in [6, 6.07) is 11.2. The van der Waals surface area contributed by atoms with Crippen LogP contribution < -0.4 is 16.4 Å². The zero-order valence-electron chi connectivity index (χ0n) is 18.5. The normalized spacial score (nSPS) is 18.3. The molecule has 0 spiro atoms. The fourth-order valence-corrected chi connectivity index (χ4v) is 4.38. The Balaban J connectivity index is 1.55. The van der Waals surface area contributed by atoms with Gasteiger partial charge in [0.2, 0.25) is 0 Å². The van der Waals surface area contributed by atoms with Crippen molar-refractivity contribution in [3.63, 3.8) is 0 Å². The van der Waals surface area contributed by atoms with Gasteiger partial charge in [-0.1, -0.05) is 29.8 Å². The van der Waals surface area contributed by atoms with E-state index in [-0.39, 0.29) is 23.9 Å². The first kappa shape index (κ1) is 24.6. The van der Waals surface area contributed by atoms with Crippen molar-refractivity contribution in [3.05, 3.63) is 82.3 Å². The molecule has 35 heavy (non-hydrogen) atoms. The van der Waals surface area contributed by atoms with Crippen molar-refractivity contribution in [1.82, 2.24) is 15.6 Å². The summed E-state index contributed by atoms with van der Waals surface area (Å²) >= 11 is 5.99. The van der Waals surface area contributed by atoms with E-state index in [1.54, 1.807) is 42.6 Å². The van der Waals surface area contributed by atoms with Crippen molar-refractivity contribution in [2.24, 2.45) is 0 Å². The molecule has 1 fully saturated rings. The number of carbonyl (C=O) groups excluding carboxylic acids is 1. The van der Waals surface area contributed by atoms with Gasteiger partial charge < -0.3 is 26.6 Å². The zero-order chi connectivity index (χ0) is 25.1. The Morgan fingerprint density at radius 1 is 1.26 bits per heavy atom. The molecule has 1 aliphatic heterocycles. The second kappa shape index (κ2) is 10.4. The number of aromatic nitrogens is 1. The second-order valence-electron chi connectivity index (χ2n) is 8.39. The van der Waals surface area contributed by atoms with Gasteiger partial charge in [0.1, 0.15) is 17.7 Å². The molecule has 2 heterocycles. The van der Waals surface area contributed by atoms with E-state index in [1.165, 1.54) is 12.1 Å². The van der Waals surface area contributed by atoms with E-state index in [4.69, 9.17) is 17.3 Å². The lowest BCUT2D eigenvalue weighted by Crippen LogP contribution is -2.31. The summed E-state index contributed by atoms with van der Waals surface area (Å²) in [6.07, 6.45) is 2.00. The number of nitrogen functional groups attached to an aromatic ring is 1. The van der Waals surface area contributed by atoms with Crippen LogP contribution in [-0.2, 0) is 4.79 Å². The first-order valence-corrected chi connectivity index (χ1v) is 11.3. The van der Waals surface area contributed by atoms with Crippen LogP contribution in [0.15, 0.2) is 54.7 Å². The molecule has 0 radical (unpaired) electrons. The van der Waals surface area contributed by atoms with Gasteiger partial charge in [0, 0.05) is 23.3 Å². The lowest BCUT2D eigenvalue weighted by atomic mass is 9.94. The van der Waals surface area contributed by atoms with Crippen LogP contribution in [0, 0.1) is 5.82 Å². The number of rotatable bonds is 7. The Morgan fingerprint density at radius 3 is 2.71 bits per heavy atom. The third kappa shape index (κ3) is 5.43. The van der Waals surface area contributed by atoms with E-state index in [0.717, 1.165) is 5.56 Å². The first-order valence-electron chi connectivity index (χ1n) is 11.0. The van der Waals surface area contributed by atoms with Crippen LogP contribution in [0.1, 0.15) is 39.9 Å². The average molecular weight is 499 g/mol. The van der Waals surface area contributed by atoms with E-state index >= 15 is 0 Å². The van der Waals surface area contributed by atoms with Gasteiger partial charge in [-0.25, -0.2) is 9.37 Å². The lowest BCUT2D eigenvalue weighted by molar-refractivity contribution is -0.139. The number of nitrogens with one attached hydrogen (secondary N) is 2. The SMILES string of the molecule is Nc1ncc([C@@H]2CN[C@H](C(=O)O)C2)cc1-c1ccc(C(=O)NC(CO)c2cccc(Cl)c2)c(F)c1. The molecule has 8 nitrogen and oxygen atoms in total. The van der Waals surface area contributed by atoms with E-state index in [9.17, 15) is 24.2 Å². The minimum absolute atomic E-state index is 0.0697. The Bertz CT molecular complexity index is 1270. The summed E-state index contributed by atoms with van der Waals surface area (Å²) in [5.41, 5.74) is 8.15. The van der Waals surface area contributed by atoms with Gasteiger partial charge in [-0.05, 0) is 59.4 Å². The minimum atomic E-state index is -0.911. The van der Waals surface area contributed by atoms with Crippen LogP contribution in [0.5, 0.6) is 0 Å². The molecule has 1 unspecified atom stereocenters. The van der Waals surface area contributed by atoms with Crippen LogP contribution in [0.2, 0.25) is 5.02 Å². The smallest absolute Gasteiger partial charge is 0.320 e. The lowest BCUT2D eigenvalue weighted by Gasteiger charge is -2.18. The molecule has 2 aromatic carbocycles. The Labute approximate surface area is 205 Å². The van der Waals surface area contributed by atoms with Crippen molar-refractivity contribution >= 4 is 29.3 Å². The number of aliphatic carboxylic acids is 1. The van der Waals surface area contributed by atoms with Crippen molar-refractivity contribution in [2.75, 3.05) is 18.9 Å². The van der Waals surface area contributed by atoms with Crippen LogP contribution in [-0.4, -0.2) is 46.3 Å². The molecule has 1 aromatic heterocycles. The minimum Gasteiger partial charge on any atom is -0.480 e. The fraction of sp³-hybridized carbons (Fsp3) is 0.240. The maximum absolute atomic E-state index is 15.0. The van der Waals surface area contributed by atoms with Gasteiger partial charge in [-0.2, -0.15) is 0 Å². The van der Waals surface area contributed by atoms with Crippen molar-refractivity contribution in [2.45, 2.75) is 24.4 Å². The number of nitrogens with zero attached hydrogens (tertiary/aromatic N) is 1. The van der Waals surface area contributed by atoms with Crippen molar-refractivity contribution in [3.8, 4) is 11.1 Å². The quantitative estimate of drug-likeness (QED) is 0.337. The van der Waals surface area contributed by atoms with Gasteiger partial charge in [0.05, 0.1) is 18.2 Å². The standard InChI is InChI=1S/C25H24ClFN4O4/c26-17-3-1-2-14(6-17)22(12-32)31-24(33)18-5-4-13(8-20(18)27)19-7-15(11-30-23(19)28)16-9-21(25(34)35)29-10-16/h1-8,11,16,21-22,29,32H,9-10,12H2,(H2,28,30)(H,31,33)(H,34,35)/t16-,21-,22?/m0/s1. The summed E-state index contributed by atoms with van der Waals surface area (Å²) in [4.78, 5) is 28.2. The Kier molecular flexibility index (Phi) is 7.30. The largest absolute Gasteiger partial charge is 0.480 e. The van der Waals surface area contributed by atoms with Crippen LogP contribution in [0.4, 0.5) is 10.2 Å². The number of nitrogens with two attached hydrogens (primary N) is 1. The predicted molar refractivity (Wildman–Crippen MR) is 130 cm³/mol. The summed E-state index contributed by atoms with van der Waals surface area (Å²) in [7, 11) is 0. The van der Waals surface area contributed by atoms with Crippen LogP contribution >= 0.6 is 11.6 Å². The summed E-state index contributed by atoms with van der Waals surface area (Å²) < 4.78 is 15.0. The molecular weight excluding hydrogens is 475 g/mol.